The minimum absolute atomic E-state index is 0.103. The van der Waals surface area contributed by atoms with Crippen molar-refractivity contribution in [1.82, 2.24) is 4.98 Å². The van der Waals surface area contributed by atoms with E-state index in [0.717, 1.165) is 49.3 Å². The molecule has 0 fully saturated rings. The van der Waals surface area contributed by atoms with Crippen molar-refractivity contribution in [3.8, 4) is 17.4 Å². The lowest BCUT2D eigenvalue weighted by atomic mass is 9.83. The second kappa shape index (κ2) is 8.94. The molecule has 4 N–H and O–H groups in total. The van der Waals surface area contributed by atoms with Crippen molar-refractivity contribution in [1.29, 1.82) is 0 Å². The Kier molecular flexibility index (Phi) is 6.09. The number of hydrogen-bond acceptors (Lipinski definition) is 4. The summed E-state index contributed by atoms with van der Waals surface area (Å²) in [5.74, 6) is 1.87. The van der Waals surface area contributed by atoms with Gasteiger partial charge in [0.25, 0.3) is 0 Å². The van der Waals surface area contributed by atoms with Gasteiger partial charge >= 0.3 is 5.88 Å². The zero-order chi connectivity index (χ0) is 22.0. The first kappa shape index (κ1) is 21.1. The van der Waals surface area contributed by atoms with Crippen LogP contribution in [0.2, 0.25) is 0 Å². The van der Waals surface area contributed by atoms with Crippen molar-refractivity contribution in [2.45, 2.75) is 39.7 Å². The summed E-state index contributed by atoms with van der Waals surface area (Å²) in [6.45, 7) is 10.7. The highest BCUT2D eigenvalue weighted by Crippen LogP contribution is 2.48. The molecular formula is C25H32N4O2+2. The van der Waals surface area contributed by atoms with Gasteiger partial charge in [0, 0.05) is 18.1 Å². The van der Waals surface area contributed by atoms with E-state index in [2.05, 4.69) is 50.0 Å². The summed E-state index contributed by atoms with van der Waals surface area (Å²) in [5.41, 5.74) is 10.9. The van der Waals surface area contributed by atoms with Crippen molar-refractivity contribution < 1.29 is 19.3 Å². The number of rotatable bonds is 7. The maximum absolute atomic E-state index is 9.98. The molecule has 31 heavy (non-hydrogen) atoms. The predicted octanol–water partition coefficient (Wildman–Crippen LogP) is 2.57. The third kappa shape index (κ3) is 4.21. The Morgan fingerprint density at radius 2 is 1.87 bits per heavy atom. The van der Waals surface area contributed by atoms with Crippen molar-refractivity contribution in [2.24, 2.45) is 0 Å². The number of anilines is 1. The van der Waals surface area contributed by atoms with E-state index in [1.165, 1.54) is 5.56 Å². The minimum Gasteiger partial charge on any atom is -0.508 e. The quantitative estimate of drug-likeness (QED) is 0.402. The van der Waals surface area contributed by atoms with Gasteiger partial charge in [-0.2, -0.15) is 0 Å². The second-order valence-corrected chi connectivity index (χ2v) is 8.27. The van der Waals surface area contributed by atoms with Gasteiger partial charge in [-0.1, -0.05) is 40.9 Å². The van der Waals surface area contributed by atoms with Gasteiger partial charge in [-0.05, 0) is 32.4 Å². The number of nitrogens with one attached hydrogen (secondary N) is 1. The van der Waals surface area contributed by atoms with Crippen LogP contribution in [-0.2, 0) is 6.54 Å². The summed E-state index contributed by atoms with van der Waals surface area (Å²) in [6.07, 6.45) is 2.80. The van der Waals surface area contributed by atoms with Crippen LogP contribution in [0, 0.1) is 6.92 Å². The molecule has 4 rings (SSSR count). The number of aromatic nitrogens is 2. The van der Waals surface area contributed by atoms with E-state index < -0.39 is 0 Å². The number of aryl methyl sites for hydroxylation is 2. The van der Waals surface area contributed by atoms with Crippen LogP contribution in [-0.4, -0.2) is 29.7 Å². The van der Waals surface area contributed by atoms with Gasteiger partial charge in [-0.25, -0.2) is 4.57 Å². The van der Waals surface area contributed by atoms with Gasteiger partial charge in [0.15, 0.2) is 0 Å². The molecule has 162 valence electrons. The van der Waals surface area contributed by atoms with E-state index in [-0.39, 0.29) is 11.7 Å². The molecule has 6 heteroatoms. The summed E-state index contributed by atoms with van der Waals surface area (Å²) in [6, 6.07) is 13.7. The molecule has 1 aromatic heterocycles. The topological polar surface area (TPSA) is 76.7 Å². The third-order valence-electron chi connectivity index (χ3n) is 6.27. The Hall–Kier alpha value is -3.12. The van der Waals surface area contributed by atoms with Crippen molar-refractivity contribution in [3.05, 3.63) is 71.0 Å². The number of quaternary nitrogens is 1. The first-order valence-electron chi connectivity index (χ1n) is 11.1. The molecule has 3 aromatic rings. The van der Waals surface area contributed by atoms with Crippen molar-refractivity contribution >= 4 is 5.82 Å². The standard InChI is InChI=1S/C25H30N4O2/c1-4-28(5-2)13-6-14-29-16-27-25-23(24(29)26)22(18-9-7-17(3)8-10-18)20-12-11-19(30)15-21(20)31-25/h7-12,15-16,22,26,30H,4-6,13-14H2,1-3H3/p+2/t22-/m1/s1. The number of phenols is 1. The number of phenolic OH excluding ortho intramolecular Hbond substituents is 1. The third-order valence-corrected chi connectivity index (χ3v) is 6.27. The Morgan fingerprint density at radius 3 is 2.58 bits per heavy atom. The van der Waals surface area contributed by atoms with Crippen LogP contribution >= 0.6 is 0 Å². The average Bonchev–Trinajstić information content (AvgIpc) is 2.77. The van der Waals surface area contributed by atoms with Crippen LogP contribution in [0.5, 0.6) is 17.4 Å². The molecule has 0 aliphatic carbocycles. The first-order chi connectivity index (χ1) is 15.0. The van der Waals surface area contributed by atoms with E-state index in [9.17, 15) is 5.11 Å². The monoisotopic (exact) mass is 420 g/mol. The Balaban J connectivity index is 1.74. The van der Waals surface area contributed by atoms with Crippen LogP contribution in [0.4, 0.5) is 5.82 Å². The number of fused-ring (bicyclic) bond motifs is 2. The maximum Gasteiger partial charge on any atom is 0.306 e. The number of nitrogens with zero attached hydrogens (tertiary/aromatic N) is 2. The smallest absolute Gasteiger partial charge is 0.306 e. The molecule has 0 radical (unpaired) electrons. The number of aromatic hydroxyl groups is 1. The second-order valence-electron chi connectivity index (χ2n) is 8.27. The highest BCUT2D eigenvalue weighted by molar-refractivity contribution is 5.62. The SMILES string of the molecule is CC[NH+](CC)CCC[n+]1cnc2c(c1N)[C@H](c1ccc(C)cc1)c1ccc(O)cc1O2. The number of nitrogens with two attached hydrogens (primary N) is 1. The molecule has 0 bridgehead atoms. The molecule has 1 aliphatic heterocycles. The zero-order valence-corrected chi connectivity index (χ0v) is 18.6. The van der Waals surface area contributed by atoms with Gasteiger partial charge in [0.05, 0.1) is 32.1 Å². The molecule has 6 nitrogen and oxygen atoms in total. The predicted molar refractivity (Wildman–Crippen MR) is 121 cm³/mol. The fraction of sp³-hybridized carbons (Fsp3) is 0.360. The molecule has 0 spiro atoms. The summed E-state index contributed by atoms with van der Waals surface area (Å²) < 4.78 is 8.12. The number of benzene rings is 2. The molecule has 0 unspecified atom stereocenters. The van der Waals surface area contributed by atoms with Crippen LogP contribution in [0.25, 0.3) is 0 Å². The lowest BCUT2D eigenvalue weighted by Crippen LogP contribution is -3.11. The Bertz CT molecular complexity index is 1060. The van der Waals surface area contributed by atoms with E-state index in [1.807, 2.05) is 10.6 Å². The summed E-state index contributed by atoms with van der Waals surface area (Å²) >= 11 is 0. The zero-order valence-electron chi connectivity index (χ0n) is 18.6. The molecule has 2 aromatic carbocycles. The van der Waals surface area contributed by atoms with E-state index in [1.54, 1.807) is 23.4 Å². The van der Waals surface area contributed by atoms with Crippen LogP contribution in [0.15, 0.2) is 48.8 Å². The van der Waals surface area contributed by atoms with Crippen molar-refractivity contribution in [2.75, 3.05) is 25.4 Å². The van der Waals surface area contributed by atoms with Crippen LogP contribution in [0.1, 0.15) is 48.4 Å². The number of nitrogen functional groups attached to an aromatic ring is 1. The largest absolute Gasteiger partial charge is 0.508 e. The summed E-state index contributed by atoms with van der Waals surface area (Å²) in [4.78, 5) is 6.20. The molecule has 2 heterocycles. The van der Waals surface area contributed by atoms with Gasteiger partial charge in [0.2, 0.25) is 12.1 Å². The lowest BCUT2D eigenvalue weighted by Gasteiger charge is -2.27. The van der Waals surface area contributed by atoms with E-state index in [4.69, 9.17) is 10.5 Å². The lowest BCUT2D eigenvalue weighted by molar-refractivity contribution is -0.898. The molecule has 1 aliphatic rings. The highest BCUT2D eigenvalue weighted by atomic mass is 16.5. The van der Waals surface area contributed by atoms with Gasteiger partial charge in [-0.3, -0.25) is 0 Å². The molecular weight excluding hydrogens is 388 g/mol. The fourth-order valence-corrected chi connectivity index (χ4v) is 4.37. The molecule has 0 amide bonds. The first-order valence-corrected chi connectivity index (χ1v) is 11.1. The number of hydrogen-bond donors (Lipinski definition) is 3. The average molecular weight is 421 g/mol. The van der Waals surface area contributed by atoms with Gasteiger partial charge < -0.3 is 20.5 Å². The molecule has 0 saturated carbocycles. The molecule has 0 saturated heterocycles. The maximum atomic E-state index is 9.98. The van der Waals surface area contributed by atoms with Crippen LogP contribution < -0.4 is 19.9 Å². The number of ether oxygens (including phenoxy) is 1. The van der Waals surface area contributed by atoms with Crippen molar-refractivity contribution in [3.63, 3.8) is 0 Å². The fourth-order valence-electron chi connectivity index (χ4n) is 4.37. The van der Waals surface area contributed by atoms with E-state index in [0.29, 0.717) is 17.4 Å². The Morgan fingerprint density at radius 1 is 1.13 bits per heavy atom. The summed E-state index contributed by atoms with van der Waals surface area (Å²) in [7, 11) is 0. The Labute approximate surface area is 183 Å². The van der Waals surface area contributed by atoms with Crippen LogP contribution in [0.3, 0.4) is 0 Å². The molecule has 1 atom stereocenters. The highest BCUT2D eigenvalue weighted by Gasteiger charge is 2.36. The normalized spacial score (nSPS) is 14.8. The van der Waals surface area contributed by atoms with Gasteiger partial charge in [0.1, 0.15) is 17.1 Å². The van der Waals surface area contributed by atoms with E-state index >= 15 is 0 Å². The summed E-state index contributed by atoms with van der Waals surface area (Å²) in [5, 5.41) is 9.98. The van der Waals surface area contributed by atoms with Gasteiger partial charge in [-0.15, -0.1) is 0 Å². The minimum atomic E-state index is -0.103.